The van der Waals surface area contributed by atoms with Crippen LogP contribution in [0.25, 0.3) is 0 Å². The second kappa shape index (κ2) is 29.7. The van der Waals surface area contributed by atoms with Gasteiger partial charge in [0, 0.05) is 0 Å². The molecule has 14 heavy (non-hydrogen) atoms. The van der Waals surface area contributed by atoms with E-state index < -0.39 is 0 Å². The predicted octanol–water partition coefficient (Wildman–Crippen LogP) is 5.30. The molecule has 0 aliphatic rings. The normalized spacial score (nSPS) is 9.50. The van der Waals surface area contributed by atoms with E-state index >= 15 is 0 Å². The molecule has 0 aromatic carbocycles. The van der Waals surface area contributed by atoms with E-state index in [0.717, 1.165) is 6.42 Å². The first-order chi connectivity index (χ1) is 6.91. The fourth-order valence-corrected chi connectivity index (χ4v) is 0.515. The zero-order chi connectivity index (χ0) is 11.7. The summed E-state index contributed by atoms with van der Waals surface area (Å²) >= 11 is 0. The summed E-state index contributed by atoms with van der Waals surface area (Å²) in [6, 6.07) is 0. The third-order valence-electron chi connectivity index (χ3n) is 1.00. The van der Waals surface area contributed by atoms with E-state index in [2.05, 4.69) is 18.7 Å². The lowest BCUT2D eigenvalue weighted by Crippen LogP contribution is -1.55. The molecule has 0 atom stereocenters. The lowest BCUT2D eigenvalue weighted by Gasteiger charge is -1.76. The Hall–Kier alpha value is -1.04. The van der Waals surface area contributed by atoms with Crippen LogP contribution < -0.4 is 0 Å². The van der Waals surface area contributed by atoms with Gasteiger partial charge in [-0.05, 0) is 13.3 Å². The Balaban J connectivity index is -0.000000266. The quantitative estimate of drug-likeness (QED) is 0.420. The van der Waals surface area contributed by atoms with Gasteiger partial charge in [0.05, 0.1) is 0 Å². The summed E-state index contributed by atoms with van der Waals surface area (Å²) in [7, 11) is 0. The second-order valence-corrected chi connectivity index (χ2v) is 1.85. The average molecular weight is 194 g/mol. The van der Waals surface area contributed by atoms with E-state index in [4.69, 9.17) is 0 Å². The molecule has 0 bridgehead atoms. The van der Waals surface area contributed by atoms with Crippen molar-refractivity contribution >= 4 is 0 Å². The highest BCUT2D eigenvalue weighted by atomic mass is 13.7. The molecule has 0 amide bonds. The minimum atomic E-state index is 1.01. The van der Waals surface area contributed by atoms with E-state index in [0.29, 0.717) is 0 Å². The summed E-state index contributed by atoms with van der Waals surface area (Å²) in [5, 5.41) is 0. The topological polar surface area (TPSA) is 0 Å². The Morgan fingerprint density at radius 1 is 0.857 bits per heavy atom. The summed E-state index contributed by atoms with van der Waals surface area (Å²) in [6.45, 7) is 13.6. The number of hydrogen-bond donors (Lipinski definition) is 0. The van der Waals surface area contributed by atoms with Crippen molar-refractivity contribution in [3.8, 4) is 0 Å². The van der Waals surface area contributed by atoms with Crippen molar-refractivity contribution < 1.29 is 0 Å². The minimum absolute atomic E-state index is 1.01. The highest BCUT2D eigenvalue weighted by molar-refractivity contribution is 5.09. The maximum Gasteiger partial charge on any atom is -0.0166 e. The van der Waals surface area contributed by atoms with Gasteiger partial charge in [-0.2, -0.15) is 0 Å². The van der Waals surface area contributed by atoms with Gasteiger partial charge in [-0.25, -0.2) is 0 Å². The molecule has 0 heteroatoms. The fraction of sp³-hybridized carbons (Fsp3) is 0.429. The van der Waals surface area contributed by atoms with Crippen LogP contribution in [0.5, 0.6) is 0 Å². The first-order valence-corrected chi connectivity index (χ1v) is 5.47. The zero-order valence-corrected chi connectivity index (χ0v) is 10.5. The summed E-state index contributed by atoms with van der Waals surface area (Å²) in [5.41, 5.74) is 0. The lowest BCUT2D eigenvalue weighted by molar-refractivity contribution is 1.38. The highest BCUT2D eigenvalue weighted by Gasteiger charge is 1.64. The van der Waals surface area contributed by atoms with E-state index in [1.807, 2.05) is 58.9 Å². The maximum absolute atomic E-state index is 3.56. The van der Waals surface area contributed by atoms with Crippen LogP contribution in [0.1, 0.15) is 41.0 Å². The third-order valence-corrected chi connectivity index (χ3v) is 1.00. The van der Waals surface area contributed by atoms with Gasteiger partial charge in [0.1, 0.15) is 0 Å². The number of allylic oxidation sites excluding steroid dienone is 7. The molecule has 0 unspecified atom stereocenters. The predicted molar refractivity (Wildman–Crippen MR) is 70.6 cm³/mol. The first kappa shape index (κ1) is 18.7. The Morgan fingerprint density at radius 2 is 1.43 bits per heavy atom. The smallest absolute Gasteiger partial charge is 0.0166 e. The Bertz CT molecular complexity index is 147. The third kappa shape index (κ3) is 30.6. The van der Waals surface area contributed by atoms with E-state index in [1.165, 1.54) is 0 Å². The molecule has 0 nitrogen and oxygen atoms in total. The fourth-order valence-electron chi connectivity index (χ4n) is 0.515. The van der Waals surface area contributed by atoms with Gasteiger partial charge >= 0.3 is 0 Å². The molecule has 0 N–H and O–H groups in total. The first-order valence-electron chi connectivity index (χ1n) is 5.47. The molecule has 0 radical (unpaired) electrons. The summed E-state index contributed by atoms with van der Waals surface area (Å²) in [4.78, 5) is 0. The van der Waals surface area contributed by atoms with Crippen molar-refractivity contribution in [2.24, 2.45) is 0 Å². The molecule has 0 aliphatic carbocycles. The van der Waals surface area contributed by atoms with Gasteiger partial charge in [0.25, 0.3) is 0 Å². The van der Waals surface area contributed by atoms with Gasteiger partial charge in [-0.3, -0.25) is 0 Å². The molecular weight excluding hydrogens is 168 g/mol. The molecule has 0 aromatic rings. The van der Waals surface area contributed by atoms with Crippen molar-refractivity contribution in [1.29, 1.82) is 0 Å². The molecule has 0 aliphatic heterocycles. The van der Waals surface area contributed by atoms with Crippen molar-refractivity contribution in [3.05, 3.63) is 49.1 Å². The van der Waals surface area contributed by atoms with Crippen LogP contribution in [0, 0.1) is 0 Å². The number of rotatable bonds is 4. The highest BCUT2D eigenvalue weighted by Crippen LogP contribution is 1.86. The van der Waals surface area contributed by atoms with Crippen molar-refractivity contribution in [2.45, 2.75) is 41.0 Å². The van der Waals surface area contributed by atoms with Crippen molar-refractivity contribution in [1.82, 2.24) is 0 Å². The maximum atomic E-state index is 3.56. The number of hydrogen-bond acceptors (Lipinski definition) is 0. The molecule has 0 saturated heterocycles. The van der Waals surface area contributed by atoms with E-state index in [9.17, 15) is 0 Å². The van der Waals surface area contributed by atoms with Gasteiger partial charge in [-0.1, -0.05) is 76.8 Å². The van der Waals surface area contributed by atoms with Gasteiger partial charge in [-0.15, -0.1) is 0 Å². The molecule has 0 rings (SSSR count). The second-order valence-electron chi connectivity index (χ2n) is 1.85. The van der Waals surface area contributed by atoms with Crippen LogP contribution in [0.2, 0.25) is 0 Å². The van der Waals surface area contributed by atoms with Gasteiger partial charge in [0.15, 0.2) is 0 Å². The molecule has 82 valence electrons. The Labute approximate surface area is 90.7 Å². The van der Waals surface area contributed by atoms with E-state index in [1.54, 1.807) is 6.08 Å². The summed E-state index contributed by atoms with van der Waals surface area (Å²) < 4.78 is 0. The standard InChI is InChI=1S/C10H14.2C2H6/c1-3-5-7-9-10-8-6-4-2;2*1-2/h3-7,9-10H,1,8H2,2H3;2*1-2H3/b6-4-,7-5+,10-9?;;. The SMILES string of the molecule is C=C/C=C/C=CC/C=C\C.CC.CC. The zero-order valence-electron chi connectivity index (χ0n) is 10.5. The molecule has 0 aromatic heterocycles. The monoisotopic (exact) mass is 194 g/mol. The summed E-state index contributed by atoms with van der Waals surface area (Å²) in [6.07, 6.45) is 14.9. The van der Waals surface area contributed by atoms with Crippen LogP contribution >= 0.6 is 0 Å². The van der Waals surface area contributed by atoms with Crippen LogP contribution in [-0.2, 0) is 0 Å². The van der Waals surface area contributed by atoms with Crippen LogP contribution in [0.3, 0.4) is 0 Å². The van der Waals surface area contributed by atoms with Crippen LogP contribution in [0.4, 0.5) is 0 Å². The Kier molecular flexibility index (Phi) is 39.6. The largest absolute Gasteiger partial charge is 0.0991 e. The molecule has 0 saturated carbocycles. The van der Waals surface area contributed by atoms with Gasteiger partial charge < -0.3 is 0 Å². The van der Waals surface area contributed by atoms with E-state index in [-0.39, 0.29) is 0 Å². The molecule has 0 heterocycles. The minimum Gasteiger partial charge on any atom is -0.0991 e. The average Bonchev–Trinajstić information content (AvgIpc) is 2.29. The lowest BCUT2D eigenvalue weighted by atomic mass is 10.3. The van der Waals surface area contributed by atoms with Gasteiger partial charge in [0.2, 0.25) is 0 Å². The molecular formula is C14H26. The molecule has 0 fully saturated rings. The van der Waals surface area contributed by atoms with Crippen LogP contribution in [0.15, 0.2) is 49.1 Å². The van der Waals surface area contributed by atoms with Crippen molar-refractivity contribution in [2.75, 3.05) is 0 Å². The van der Waals surface area contributed by atoms with Crippen LogP contribution in [-0.4, -0.2) is 0 Å². The molecule has 0 spiro atoms. The summed E-state index contributed by atoms with van der Waals surface area (Å²) in [5.74, 6) is 0. The Morgan fingerprint density at radius 3 is 1.86 bits per heavy atom. The van der Waals surface area contributed by atoms with Crippen molar-refractivity contribution in [3.63, 3.8) is 0 Å².